The van der Waals surface area contributed by atoms with Crippen molar-refractivity contribution in [2.24, 2.45) is 0 Å². The second-order valence-corrected chi connectivity index (χ2v) is 6.27. The second kappa shape index (κ2) is 6.51. The third-order valence-corrected chi connectivity index (χ3v) is 4.47. The summed E-state index contributed by atoms with van der Waals surface area (Å²) in [5.74, 6) is 0.766. The number of hydrogen-bond donors (Lipinski definition) is 0. The molecule has 4 rings (SSSR count). The van der Waals surface area contributed by atoms with Crippen molar-refractivity contribution >= 4 is 16.8 Å². The summed E-state index contributed by atoms with van der Waals surface area (Å²) >= 11 is 0. The molecule has 1 aliphatic rings. The summed E-state index contributed by atoms with van der Waals surface area (Å²) in [4.78, 5) is 23.5. The Morgan fingerprint density at radius 3 is 2.68 bits per heavy atom. The number of ether oxygens (including phenoxy) is 1. The maximum absolute atomic E-state index is 13.0. The molecule has 2 heterocycles. The highest BCUT2D eigenvalue weighted by Gasteiger charge is 2.33. The van der Waals surface area contributed by atoms with Gasteiger partial charge in [0, 0.05) is 30.4 Å². The normalized spacial score (nSPS) is 13.6. The molecule has 2 aromatic heterocycles. The molecule has 5 heteroatoms. The first-order chi connectivity index (χ1) is 12.2. The van der Waals surface area contributed by atoms with Gasteiger partial charge in [-0.1, -0.05) is 6.07 Å². The zero-order valence-electron chi connectivity index (χ0n) is 14.1. The van der Waals surface area contributed by atoms with Gasteiger partial charge >= 0.3 is 0 Å². The number of nitrogens with zero attached hydrogens (tertiary/aromatic N) is 3. The Bertz CT molecular complexity index is 907. The van der Waals surface area contributed by atoms with Crippen LogP contribution in [-0.2, 0) is 6.54 Å². The van der Waals surface area contributed by atoms with Crippen LogP contribution in [0, 0.1) is 0 Å². The van der Waals surface area contributed by atoms with E-state index < -0.39 is 0 Å². The molecule has 3 aromatic rings. The van der Waals surface area contributed by atoms with Gasteiger partial charge in [0.25, 0.3) is 5.91 Å². The molecule has 1 amide bonds. The molecule has 1 aliphatic carbocycles. The van der Waals surface area contributed by atoms with Crippen LogP contribution in [0.25, 0.3) is 10.9 Å². The lowest BCUT2D eigenvalue weighted by Gasteiger charge is -2.22. The highest BCUT2D eigenvalue weighted by atomic mass is 16.5. The zero-order valence-corrected chi connectivity index (χ0v) is 14.1. The lowest BCUT2D eigenvalue weighted by Crippen LogP contribution is -2.33. The lowest BCUT2D eigenvalue weighted by molar-refractivity contribution is 0.0724. The third-order valence-electron chi connectivity index (χ3n) is 4.47. The minimum Gasteiger partial charge on any atom is -0.497 e. The topological polar surface area (TPSA) is 55.3 Å². The standard InChI is InChI=1S/C20H19N3O2/c1-25-17-5-7-18-15(12-17)2-6-19(22-18)20(24)23(16-3-4-16)13-14-8-10-21-11-9-14/h2,5-12,16H,3-4,13H2,1H3. The highest BCUT2D eigenvalue weighted by molar-refractivity contribution is 5.95. The number of carbonyl (C=O) groups excluding carboxylic acids is 1. The van der Waals surface area contributed by atoms with E-state index in [-0.39, 0.29) is 5.91 Å². The number of hydrogen-bond acceptors (Lipinski definition) is 4. The minimum absolute atomic E-state index is 0.0166. The SMILES string of the molecule is COc1ccc2nc(C(=O)N(Cc3ccncc3)C3CC3)ccc2c1. The summed E-state index contributed by atoms with van der Waals surface area (Å²) < 4.78 is 5.24. The molecular weight excluding hydrogens is 314 g/mol. The maximum atomic E-state index is 13.0. The number of amides is 1. The van der Waals surface area contributed by atoms with Crippen molar-refractivity contribution in [3.63, 3.8) is 0 Å². The second-order valence-electron chi connectivity index (χ2n) is 6.27. The van der Waals surface area contributed by atoms with Crippen LogP contribution in [0.5, 0.6) is 5.75 Å². The van der Waals surface area contributed by atoms with Crippen molar-refractivity contribution in [3.05, 3.63) is 66.1 Å². The Labute approximate surface area is 146 Å². The molecule has 0 radical (unpaired) electrons. The Morgan fingerprint density at radius 2 is 1.96 bits per heavy atom. The maximum Gasteiger partial charge on any atom is 0.273 e. The number of rotatable bonds is 5. The van der Waals surface area contributed by atoms with E-state index in [1.54, 1.807) is 25.6 Å². The van der Waals surface area contributed by atoms with Crippen LogP contribution >= 0.6 is 0 Å². The Balaban J connectivity index is 1.62. The largest absolute Gasteiger partial charge is 0.497 e. The molecule has 0 aliphatic heterocycles. The van der Waals surface area contributed by atoms with E-state index in [1.165, 1.54) is 0 Å². The van der Waals surface area contributed by atoms with Crippen molar-refractivity contribution in [2.45, 2.75) is 25.4 Å². The van der Waals surface area contributed by atoms with Crippen molar-refractivity contribution < 1.29 is 9.53 Å². The Morgan fingerprint density at radius 1 is 1.16 bits per heavy atom. The minimum atomic E-state index is -0.0166. The van der Waals surface area contributed by atoms with Crippen LogP contribution < -0.4 is 4.74 Å². The van der Waals surface area contributed by atoms with E-state index in [0.717, 1.165) is 35.1 Å². The van der Waals surface area contributed by atoms with Gasteiger partial charge < -0.3 is 9.64 Å². The molecule has 0 atom stereocenters. The molecule has 25 heavy (non-hydrogen) atoms. The van der Waals surface area contributed by atoms with Crippen LogP contribution in [0.3, 0.4) is 0 Å². The monoisotopic (exact) mass is 333 g/mol. The van der Waals surface area contributed by atoms with Crippen LogP contribution in [-0.4, -0.2) is 33.9 Å². The first kappa shape index (κ1) is 15.6. The summed E-state index contributed by atoms with van der Waals surface area (Å²) in [6.07, 6.45) is 5.63. The number of carbonyl (C=O) groups is 1. The van der Waals surface area contributed by atoms with Gasteiger partial charge in [-0.2, -0.15) is 0 Å². The summed E-state index contributed by atoms with van der Waals surface area (Å²) in [6, 6.07) is 13.6. The lowest BCUT2D eigenvalue weighted by atomic mass is 10.1. The number of fused-ring (bicyclic) bond motifs is 1. The third kappa shape index (κ3) is 3.31. The van der Waals surface area contributed by atoms with Crippen LogP contribution in [0.15, 0.2) is 54.9 Å². The predicted octanol–water partition coefficient (Wildman–Crippen LogP) is 3.44. The molecule has 1 saturated carbocycles. The molecule has 0 spiro atoms. The molecule has 0 bridgehead atoms. The van der Waals surface area contributed by atoms with Crippen LogP contribution in [0.2, 0.25) is 0 Å². The van der Waals surface area contributed by atoms with Gasteiger partial charge in [-0.15, -0.1) is 0 Å². The first-order valence-electron chi connectivity index (χ1n) is 8.39. The van der Waals surface area contributed by atoms with Gasteiger partial charge in [0.15, 0.2) is 0 Å². The van der Waals surface area contributed by atoms with Crippen molar-refractivity contribution in [2.75, 3.05) is 7.11 Å². The summed E-state index contributed by atoms with van der Waals surface area (Å²) in [5.41, 5.74) is 2.37. The molecular formula is C20H19N3O2. The van der Waals surface area contributed by atoms with Gasteiger partial charge in [-0.3, -0.25) is 9.78 Å². The fraction of sp³-hybridized carbons (Fsp3) is 0.250. The summed E-state index contributed by atoms with van der Waals surface area (Å²) in [6.45, 7) is 0.592. The molecule has 126 valence electrons. The fourth-order valence-electron chi connectivity index (χ4n) is 2.93. The zero-order chi connectivity index (χ0) is 17.2. The highest BCUT2D eigenvalue weighted by Crippen LogP contribution is 2.30. The van der Waals surface area contributed by atoms with Gasteiger partial charge in [0.2, 0.25) is 0 Å². The predicted molar refractivity (Wildman–Crippen MR) is 95.4 cm³/mol. The van der Waals surface area contributed by atoms with E-state index in [0.29, 0.717) is 18.3 Å². The summed E-state index contributed by atoms with van der Waals surface area (Å²) in [7, 11) is 1.64. The van der Waals surface area contributed by atoms with Gasteiger partial charge in [0.05, 0.1) is 12.6 Å². The summed E-state index contributed by atoms with van der Waals surface area (Å²) in [5, 5.41) is 0.961. The van der Waals surface area contributed by atoms with Gasteiger partial charge in [-0.25, -0.2) is 4.98 Å². The molecule has 0 saturated heterocycles. The first-order valence-corrected chi connectivity index (χ1v) is 8.39. The molecule has 0 N–H and O–H groups in total. The molecule has 1 fully saturated rings. The molecule has 5 nitrogen and oxygen atoms in total. The smallest absolute Gasteiger partial charge is 0.273 e. The van der Waals surface area contributed by atoms with Crippen LogP contribution in [0.1, 0.15) is 28.9 Å². The van der Waals surface area contributed by atoms with Crippen molar-refractivity contribution in [1.29, 1.82) is 0 Å². The van der Waals surface area contributed by atoms with Gasteiger partial charge in [0.1, 0.15) is 11.4 Å². The van der Waals surface area contributed by atoms with Crippen molar-refractivity contribution in [3.8, 4) is 5.75 Å². The van der Waals surface area contributed by atoms with Gasteiger partial charge in [-0.05, 0) is 54.8 Å². The van der Waals surface area contributed by atoms with E-state index in [1.807, 2.05) is 41.3 Å². The number of pyridine rings is 2. The Hall–Kier alpha value is -2.95. The van der Waals surface area contributed by atoms with Crippen LogP contribution in [0.4, 0.5) is 0 Å². The molecule has 1 aromatic carbocycles. The van der Waals surface area contributed by atoms with Crippen molar-refractivity contribution in [1.82, 2.24) is 14.9 Å². The van der Waals surface area contributed by atoms with E-state index >= 15 is 0 Å². The van der Waals surface area contributed by atoms with E-state index in [2.05, 4.69) is 9.97 Å². The average molecular weight is 333 g/mol. The quantitative estimate of drug-likeness (QED) is 0.718. The fourth-order valence-corrected chi connectivity index (χ4v) is 2.93. The number of aromatic nitrogens is 2. The van der Waals surface area contributed by atoms with E-state index in [9.17, 15) is 4.79 Å². The molecule has 0 unspecified atom stereocenters. The Kier molecular flexibility index (Phi) is 4.06. The number of benzene rings is 1. The van der Waals surface area contributed by atoms with E-state index in [4.69, 9.17) is 4.74 Å². The number of methoxy groups -OCH3 is 1. The average Bonchev–Trinajstić information content (AvgIpc) is 3.50.